The lowest BCUT2D eigenvalue weighted by Gasteiger charge is -2.18. The van der Waals surface area contributed by atoms with E-state index in [2.05, 4.69) is 10.3 Å². The van der Waals surface area contributed by atoms with Crippen LogP contribution in [-0.2, 0) is 27.8 Å². The van der Waals surface area contributed by atoms with Gasteiger partial charge < -0.3 is 9.88 Å². The standard InChI is InChI=1S/C22H26ClFN4O3S/c1-4-27(5-2)32(30,31)15-10-11-19-18(14-15)25-20(28(19)6-3)12-13-21(29)26-17-9-7-8-16(23)22(17)24/h7-11,14H,4-6,12-13H2,1-3H3,(H,26,29). The topological polar surface area (TPSA) is 84.3 Å². The van der Waals surface area contributed by atoms with Crippen LogP contribution in [0.2, 0.25) is 5.02 Å². The number of nitrogens with zero attached hydrogens (tertiary/aromatic N) is 3. The number of hydrogen-bond acceptors (Lipinski definition) is 4. The summed E-state index contributed by atoms with van der Waals surface area (Å²) in [4.78, 5) is 17.1. The van der Waals surface area contributed by atoms with Crippen LogP contribution in [0.25, 0.3) is 11.0 Å². The first-order valence-corrected chi connectivity index (χ1v) is 12.3. The van der Waals surface area contributed by atoms with Gasteiger partial charge in [-0.05, 0) is 37.3 Å². The van der Waals surface area contributed by atoms with E-state index in [1.165, 1.54) is 16.4 Å². The monoisotopic (exact) mass is 480 g/mol. The number of rotatable bonds is 9. The average molecular weight is 481 g/mol. The molecule has 3 rings (SSSR count). The number of nitrogens with one attached hydrogen (secondary N) is 1. The highest BCUT2D eigenvalue weighted by Crippen LogP contribution is 2.25. The van der Waals surface area contributed by atoms with E-state index in [-0.39, 0.29) is 27.9 Å². The largest absolute Gasteiger partial charge is 0.328 e. The Bertz CT molecular complexity index is 1240. The van der Waals surface area contributed by atoms with Gasteiger partial charge in [0.25, 0.3) is 0 Å². The van der Waals surface area contributed by atoms with Gasteiger partial charge in [0, 0.05) is 32.5 Å². The minimum absolute atomic E-state index is 0.0257. The highest BCUT2D eigenvalue weighted by molar-refractivity contribution is 7.89. The van der Waals surface area contributed by atoms with Crippen molar-refractivity contribution in [1.82, 2.24) is 13.9 Å². The number of benzene rings is 2. The summed E-state index contributed by atoms with van der Waals surface area (Å²) in [6.07, 6.45) is 0.397. The molecule has 0 radical (unpaired) electrons. The number of aryl methyl sites for hydroxylation is 2. The summed E-state index contributed by atoms with van der Waals surface area (Å²) in [5.41, 5.74) is 1.37. The molecule has 0 bridgehead atoms. The second-order valence-corrected chi connectivity index (χ2v) is 9.51. The maximum atomic E-state index is 14.0. The molecule has 3 aromatic rings. The summed E-state index contributed by atoms with van der Waals surface area (Å²) in [5, 5.41) is 2.46. The Morgan fingerprint density at radius 1 is 1.19 bits per heavy atom. The van der Waals surface area contributed by atoms with E-state index >= 15 is 0 Å². The van der Waals surface area contributed by atoms with Gasteiger partial charge in [-0.25, -0.2) is 17.8 Å². The van der Waals surface area contributed by atoms with Crippen LogP contribution in [0, 0.1) is 5.82 Å². The van der Waals surface area contributed by atoms with E-state index < -0.39 is 15.8 Å². The fraction of sp³-hybridized carbons (Fsp3) is 0.364. The summed E-state index contributed by atoms with van der Waals surface area (Å²) in [6, 6.07) is 9.31. The zero-order valence-corrected chi connectivity index (χ0v) is 19.8. The zero-order chi connectivity index (χ0) is 23.5. The molecule has 0 unspecified atom stereocenters. The molecule has 32 heavy (non-hydrogen) atoms. The first kappa shape index (κ1) is 24.2. The molecule has 0 aliphatic carbocycles. The third kappa shape index (κ3) is 4.79. The van der Waals surface area contributed by atoms with Crippen molar-refractivity contribution < 1.29 is 17.6 Å². The smallest absolute Gasteiger partial charge is 0.243 e. The highest BCUT2D eigenvalue weighted by atomic mass is 35.5. The van der Waals surface area contributed by atoms with Crippen molar-refractivity contribution in [1.29, 1.82) is 0 Å². The van der Waals surface area contributed by atoms with Crippen LogP contribution >= 0.6 is 11.6 Å². The van der Waals surface area contributed by atoms with Gasteiger partial charge in [0.15, 0.2) is 5.82 Å². The summed E-state index contributed by atoms with van der Waals surface area (Å²) in [7, 11) is -3.60. The molecule has 7 nitrogen and oxygen atoms in total. The van der Waals surface area contributed by atoms with Gasteiger partial charge in [0.1, 0.15) is 5.82 Å². The van der Waals surface area contributed by atoms with Gasteiger partial charge in [0.2, 0.25) is 15.9 Å². The highest BCUT2D eigenvalue weighted by Gasteiger charge is 2.23. The van der Waals surface area contributed by atoms with Crippen LogP contribution in [0.4, 0.5) is 10.1 Å². The number of amides is 1. The van der Waals surface area contributed by atoms with Crippen molar-refractivity contribution >= 4 is 44.3 Å². The molecule has 0 atom stereocenters. The van der Waals surface area contributed by atoms with E-state index in [1.54, 1.807) is 38.1 Å². The SMILES string of the molecule is CCN(CC)S(=O)(=O)c1ccc2c(c1)nc(CCC(=O)Nc1cccc(Cl)c1F)n2CC. The summed E-state index contributed by atoms with van der Waals surface area (Å²) >= 11 is 5.75. The van der Waals surface area contributed by atoms with E-state index in [4.69, 9.17) is 11.6 Å². The third-order valence-corrected chi connectivity index (χ3v) is 7.60. The Morgan fingerprint density at radius 3 is 2.56 bits per heavy atom. The lowest BCUT2D eigenvalue weighted by atomic mass is 10.2. The molecule has 1 heterocycles. The summed E-state index contributed by atoms with van der Waals surface area (Å²) in [5.74, 6) is -0.391. The molecule has 0 spiro atoms. The molecule has 0 fully saturated rings. The number of aromatic nitrogens is 2. The first-order chi connectivity index (χ1) is 15.2. The molecule has 1 N–H and O–H groups in total. The number of imidazole rings is 1. The minimum Gasteiger partial charge on any atom is -0.328 e. The van der Waals surface area contributed by atoms with E-state index in [9.17, 15) is 17.6 Å². The van der Waals surface area contributed by atoms with Crippen LogP contribution in [0.3, 0.4) is 0 Å². The van der Waals surface area contributed by atoms with Gasteiger partial charge >= 0.3 is 0 Å². The predicted molar refractivity (Wildman–Crippen MR) is 124 cm³/mol. The molecule has 0 aliphatic rings. The molecule has 0 saturated heterocycles. The molecular weight excluding hydrogens is 455 g/mol. The number of fused-ring (bicyclic) bond motifs is 1. The minimum atomic E-state index is -3.60. The zero-order valence-electron chi connectivity index (χ0n) is 18.2. The molecule has 1 amide bonds. The van der Waals surface area contributed by atoms with E-state index in [1.807, 2.05) is 11.5 Å². The maximum absolute atomic E-state index is 14.0. The van der Waals surface area contributed by atoms with Crippen LogP contribution < -0.4 is 5.32 Å². The van der Waals surface area contributed by atoms with Gasteiger partial charge in [-0.1, -0.05) is 31.5 Å². The van der Waals surface area contributed by atoms with Crippen LogP contribution in [-0.4, -0.2) is 41.3 Å². The molecule has 0 aliphatic heterocycles. The molecule has 1 aromatic heterocycles. The predicted octanol–water partition coefficient (Wildman–Crippen LogP) is 4.45. The number of carbonyl (C=O) groups excluding carboxylic acids is 1. The van der Waals surface area contributed by atoms with Gasteiger partial charge in [0.05, 0.1) is 26.6 Å². The van der Waals surface area contributed by atoms with Crippen molar-refractivity contribution in [2.24, 2.45) is 0 Å². The Balaban J connectivity index is 1.82. The van der Waals surface area contributed by atoms with Crippen molar-refractivity contribution in [3.05, 3.63) is 53.1 Å². The second-order valence-electron chi connectivity index (χ2n) is 7.16. The van der Waals surface area contributed by atoms with E-state index in [0.717, 1.165) is 5.52 Å². The van der Waals surface area contributed by atoms with Crippen molar-refractivity contribution in [3.8, 4) is 0 Å². The first-order valence-electron chi connectivity index (χ1n) is 10.5. The lowest BCUT2D eigenvalue weighted by Crippen LogP contribution is -2.30. The van der Waals surface area contributed by atoms with Crippen LogP contribution in [0.15, 0.2) is 41.3 Å². The maximum Gasteiger partial charge on any atom is 0.243 e. The van der Waals surface area contributed by atoms with Crippen molar-refractivity contribution in [3.63, 3.8) is 0 Å². The fourth-order valence-corrected chi connectivity index (χ4v) is 5.27. The normalized spacial score (nSPS) is 11.9. The number of hydrogen-bond donors (Lipinski definition) is 1. The Kier molecular flexibility index (Phi) is 7.53. The Morgan fingerprint density at radius 2 is 1.91 bits per heavy atom. The summed E-state index contributed by atoms with van der Waals surface area (Å²) < 4.78 is 43.0. The average Bonchev–Trinajstić information content (AvgIpc) is 3.13. The van der Waals surface area contributed by atoms with Crippen LogP contribution in [0.1, 0.15) is 33.0 Å². The van der Waals surface area contributed by atoms with Crippen LogP contribution in [0.5, 0.6) is 0 Å². The number of anilines is 1. The molecule has 172 valence electrons. The Labute approximate surface area is 192 Å². The molecule has 10 heteroatoms. The van der Waals surface area contributed by atoms with Gasteiger partial charge in [-0.15, -0.1) is 0 Å². The second kappa shape index (κ2) is 9.97. The fourth-order valence-electron chi connectivity index (χ4n) is 3.61. The number of sulfonamides is 1. The van der Waals surface area contributed by atoms with E-state index in [0.29, 0.717) is 37.4 Å². The molecular formula is C22H26ClFN4O3S. The van der Waals surface area contributed by atoms with Gasteiger partial charge in [-0.3, -0.25) is 4.79 Å². The number of halogens is 2. The van der Waals surface area contributed by atoms with Crippen molar-refractivity contribution in [2.45, 2.75) is 45.1 Å². The Hall–Kier alpha value is -2.49. The number of carbonyl (C=O) groups is 1. The summed E-state index contributed by atoms with van der Waals surface area (Å²) in [6.45, 7) is 6.92. The molecule has 2 aromatic carbocycles. The van der Waals surface area contributed by atoms with Crippen molar-refractivity contribution in [2.75, 3.05) is 18.4 Å². The lowest BCUT2D eigenvalue weighted by molar-refractivity contribution is -0.116. The van der Waals surface area contributed by atoms with Gasteiger partial charge in [-0.2, -0.15) is 4.31 Å². The molecule has 0 saturated carbocycles. The quantitative estimate of drug-likeness (QED) is 0.490. The third-order valence-electron chi connectivity index (χ3n) is 5.26.